The Hall–Kier alpha value is -0.180. The molecule has 0 unspecified atom stereocenters. The van der Waals surface area contributed by atoms with Crippen LogP contribution in [0.1, 0.15) is 0 Å². The van der Waals surface area contributed by atoms with E-state index in [1.165, 1.54) is 4.90 Å². The molecular formula is C4H6F2N-. The highest BCUT2D eigenvalue weighted by Crippen LogP contribution is 2.24. The Bertz CT molecular complexity index is 73.8. The maximum atomic E-state index is 11.7. The van der Waals surface area contributed by atoms with Crippen molar-refractivity contribution in [1.29, 1.82) is 0 Å². The zero-order chi connectivity index (χ0) is 5.49. The van der Waals surface area contributed by atoms with Crippen molar-refractivity contribution in [2.75, 3.05) is 13.1 Å². The first-order valence-corrected chi connectivity index (χ1v) is 2.03. The summed E-state index contributed by atoms with van der Waals surface area (Å²) >= 11 is 0. The third kappa shape index (κ3) is 0.881. The van der Waals surface area contributed by atoms with Crippen LogP contribution in [0.2, 0.25) is 0 Å². The lowest BCUT2D eigenvalue weighted by Gasteiger charge is -2.42. The first kappa shape index (κ1) is 4.97. The molecule has 1 nitrogen and oxygen atoms in total. The molecule has 0 aliphatic carbocycles. The van der Waals surface area contributed by atoms with E-state index in [1.54, 1.807) is 0 Å². The van der Waals surface area contributed by atoms with E-state index >= 15 is 0 Å². The van der Waals surface area contributed by atoms with Gasteiger partial charge < -0.3 is 4.90 Å². The second-order valence-corrected chi connectivity index (χ2v) is 1.84. The molecule has 0 radical (unpaired) electrons. The smallest absolute Gasteiger partial charge is 0.268 e. The molecule has 0 N–H and O–H groups in total. The van der Waals surface area contributed by atoms with Gasteiger partial charge in [0.2, 0.25) is 0 Å². The molecule has 1 aliphatic heterocycles. The minimum atomic E-state index is -2.44. The summed E-state index contributed by atoms with van der Waals surface area (Å²) in [4.78, 5) is 1.33. The molecule has 0 amide bonds. The molecule has 1 aliphatic rings. The Morgan fingerprint density at radius 3 is 1.86 bits per heavy atom. The van der Waals surface area contributed by atoms with Crippen LogP contribution in [0.4, 0.5) is 8.78 Å². The highest BCUT2D eigenvalue weighted by Gasteiger charge is 2.37. The number of rotatable bonds is 0. The van der Waals surface area contributed by atoms with Crippen molar-refractivity contribution in [2.45, 2.75) is 5.92 Å². The van der Waals surface area contributed by atoms with E-state index < -0.39 is 5.92 Å². The quantitative estimate of drug-likeness (QED) is 0.411. The van der Waals surface area contributed by atoms with Gasteiger partial charge in [0.1, 0.15) is 0 Å². The van der Waals surface area contributed by atoms with Crippen molar-refractivity contribution in [3.63, 3.8) is 0 Å². The summed E-state index contributed by atoms with van der Waals surface area (Å²) < 4.78 is 23.4. The molecular weight excluding hydrogens is 100 g/mol. The van der Waals surface area contributed by atoms with Crippen LogP contribution >= 0.6 is 0 Å². The predicted octanol–water partition coefficient (Wildman–Crippen LogP) is 0.729. The molecule has 0 aromatic carbocycles. The average molecular weight is 106 g/mol. The third-order valence-electron chi connectivity index (χ3n) is 0.910. The Morgan fingerprint density at radius 2 is 1.86 bits per heavy atom. The predicted molar refractivity (Wildman–Crippen MR) is 21.9 cm³/mol. The van der Waals surface area contributed by atoms with E-state index in [9.17, 15) is 8.78 Å². The van der Waals surface area contributed by atoms with Crippen LogP contribution in [-0.4, -0.2) is 23.9 Å². The van der Waals surface area contributed by atoms with Gasteiger partial charge in [-0.15, -0.1) is 0 Å². The van der Waals surface area contributed by atoms with Crippen molar-refractivity contribution in [2.24, 2.45) is 0 Å². The second kappa shape index (κ2) is 1.15. The lowest BCUT2D eigenvalue weighted by Crippen LogP contribution is -2.52. The van der Waals surface area contributed by atoms with Crippen molar-refractivity contribution in [3.8, 4) is 0 Å². The van der Waals surface area contributed by atoms with E-state index in [0.29, 0.717) is 0 Å². The fraction of sp³-hybridized carbons (Fsp3) is 0.750. The van der Waals surface area contributed by atoms with Crippen LogP contribution in [0.25, 0.3) is 0 Å². The molecule has 1 rings (SSSR count). The Balaban J connectivity index is 2.29. The summed E-state index contributed by atoms with van der Waals surface area (Å²) in [7, 11) is 3.29. The fourth-order valence-corrected chi connectivity index (χ4v) is 0.608. The Kier molecular flexibility index (Phi) is 0.819. The normalized spacial score (nSPS) is 29.6. The van der Waals surface area contributed by atoms with Gasteiger partial charge in [0, 0.05) is 13.1 Å². The second-order valence-electron chi connectivity index (χ2n) is 1.84. The molecule has 1 fully saturated rings. The molecule has 42 valence electrons. The first-order valence-electron chi connectivity index (χ1n) is 2.03. The van der Waals surface area contributed by atoms with Gasteiger partial charge in [0.25, 0.3) is 5.92 Å². The van der Waals surface area contributed by atoms with Crippen LogP contribution in [0.15, 0.2) is 0 Å². The minimum Gasteiger partial charge on any atom is -0.449 e. The van der Waals surface area contributed by atoms with E-state index in [-0.39, 0.29) is 13.1 Å². The Morgan fingerprint density at radius 1 is 1.43 bits per heavy atom. The summed E-state index contributed by atoms with van der Waals surface area (Å²) in [6.45, 7) is -0.347. The van der Waals surface area contributed by atoms with Crippen LogP contribution in [0.3, 0.4) is 0 Å². The van der Waals surface area contributed by atoms with Gasteiger partial charge in [-0.05, 0) is 0 Å². The van der Waals surface area contributed by atoms with Crippen LogP contribution < -0.4 is 0 Å². The largest absolute Gasteiger partial charge is 0.449 e. The van der Waals surface area contributed by atoms with Crippen molar-refractivity contribution in [1.82, 2.24) is 4.90 Å². The maximum Gasteiger partial charge on any atom is 0.268 e. The molecule has 0 saturated carbocycles. The van der Waals surface area contributed by atoms with Gasteiger partial charge >= 0.3 is 0 Å². The lowest BCUT2D eigenvalue weighted by molar-refractivity contribution is -0.112. The fourth-order valence-electron chi connectivity index (χ4n) is 0.608. The Labute approximate surface area is 40.9 Å². The van der Waals surface area contributed by atoms with Gasteiger partial charge in [-0.25, -0.2) is 8.78 Å². The van der Waals surface area contributed by atoms with Crippen LogP contribution in [0, 0.1) is 7.05 Å². The third-order valence-corrected chi connectivity index (χ3v) is 0.910. The summed E-state index contributed by atoms with van der Waals surface area (Å²) in [5, 5.41) is 0. The monoisotopic (exact) mass is 106 g/mol. The number of alkyl halides is 2. The summed E-state index contributed by atoms with van der Waals surface area (Å²) in [6, 6.07) is 0. The minimum absolute atomic E-state index is 0.174. The van der Waals surface area contributed by atoms with Crippen molar-refractivity contribution >= 4 is 0 Å². The molecule has 0 spiro atoms. The van der Waals surface area contributed by atoms with Crippen LogP contribution in [0.5, 0.6) is 0 Å². The molecule has 7 heavy (non-hydrogen) atoms. The summed E-state index contributed by atoms with van der Waals surface area (Å²) in [6.07, 6.45) is 0. The molecule has 3 heteroatoms. The number of nitrogens with zero attached hydrogens (tertiary/aromatic N) is 1. The van der Waals surface area contributed by atoms with Gasteiger partial charge in [0.15, 0.2) is 0 Å². The van der Waals surface area contributed by atoms with E-state index in [1.807, 2.05) is 0 Å². The van der Waals surface area contributed by atoms with E-state index in [2.05, 4.69) is 7.05 Å². The number of halogens is 2. The zero-order valence-electron chi connectivity index (χ0n) is 3.82. The molecule has 0 aromatic heterocycles. The van der Waals surface area contributed by atoms with Gasteiger partial charge in [-0.1, -0.05) is 0 Å². The molecule has 0 atom stereocenters. The molecule has 0 bridgehead atoms. The van der Waals surface area contributed by atoms with Crippen molar-refractivity contribution < 1.29 is 8.78 Å². The first-order chi connectivity index (χ1) is 3.10. The number of hydrogen-bond acceptors (Lipinski definition) is 1. The molecule has 0 aromatic rings. The lowest BCUT2D eigenvalue weighted by atomic mass is 10.2. The van der Waals surface area contributed by atoms with Gasteiger partial charge in [-0.3, -0.25) is 7.05 Å². The average Bonchev–Trinajstić information content (AvgIpc) is 1.27. The number of hydrogen-bond donors (Lipinski definition) is 0. The summed E-state index contributed by atoms with van der Waals surface area (Å²) in [5.41, 5.74) is 0. The maximum absolute atomic E-state index is 11.7. The van der Waals surface area contributed by atoms with Crippen molar-refractivity contribution in [3.05, 3.63) is 7.05 Å². The number of likely N-dealkylation sites (tertiary alicyclic amines) is 1. The summed E-state index contributed by atoms with van der Waals surface area (Å²) in [5.74, 6) is -2.44. The van der Waals surface area contributed by atoms with Gasteiger partial charge in [-0.2, -0.15) is 0 Å². The molecule has 1 heterocycles. The highest BCUT2D eigenvalue weighted by molar-refractivity contribution is 4.85. The topological polar surface area (TPSA) is 3.24 Å². The molecule has 1 saturated heterocycles. The van der Waals surface area contributed by atoms with Crippen LogP contribution in [-0.2, 0) is 0 Å². The zero-order valence-corrected chi connectivity index (χ0v) is 3.82. The standard InChI is InChI=1S/C4H6F2N/c1-7-2-4(5,6)3-7/h1-3H2/q-1. The van der Waals surface area contributed by atoms with E-state index in [4.69, 9.17) is 0 Å². The van der Waals surface area contributed by atoms with Gasteiger partial charge in [0.05, 0.1) is 0 Å². The van der Waals surface area contributed by atoms with E-state index in [0.717, 1.165) is 0 Å². The highest BCUT2D eigenvalue weighted by atomic mass is 19.3. The SMILES string of the molecule is [CH2-]N1CC(F)(F)C1.